The summed E-state index contributed by atoms with van der Waals surface area (Å²) in [5, 5.41) is 6.50. The molecule has 0 amide bonds. The molecule has 2 aromatic rings. The molecule has 0 aliphatic carbocycles. The lowest BCUT2D eigenvalue weighted by Gasteiger charge is -1.90. The van der Waals surface area contributed by atoms with Crippen molar-refractivity contribution in [2.75, 3.05) is 0 Å². The van der Waals surface area contributed by atoms with Crippen LogP contribution in [0.1, 0.15) is 0 Å². The van der Waals surface area contributed by atoms with Crippen molar-refractivity contribution in [3.05, 3.63) is 36.7 Å². The lowest BCUT2D eigenvalue weighted by molar-refractivity contribution is 1.34. The number of rotatable bonds is 0. The van der Waals surface area contributed by atoms with Crippen molar-refractivity contribution in [2.45, 2.75) is 0 Å². The Hall–Kier alpha value is -1.95. The second kappa shape index (κ2) is 4.04. The normalized spacial score (nSPS) is 8.50. The van der Waals surface area contributed by atoms with E-state index in [2.05, 4.69) is 16.5 Å². The second-order valence-corrected chi connectivity index (χ2v) is 2.05. The number of aromatic nitrogens is 2. The Bertz CT molecular complexity index is 316. The summed E-state index contributed by atoms with van der Waals surface area (Å²) in [7, 11) is 0. The number of fused-ring (bicyclic) bond motifs is 1. The third kappa shape index (κ3) is 1.55. The summed E-state index contributed by atoms with van der Waals surface area (Å²) < 4.78 is 0. The first-order valence-electron chi connectivity index (χ1n) is 3.38. The zero-order valence-corrected chi connectivity index (χ0v) is 6.38. The van der Waals surface area contributed by atoms with Crippen molar-refractivity contribution >= 4 is 11.0 Å². The maximum atomic E-state index is 6.50. The largest absolute Gasteiger partial charge is 0.255 e. The molecular weight excluding hydrogens is 150 g/mol. The molecule has 0 atom stereocenters. The molecule has 0 aromatic carbocycles. The molecule has 0 radical (unpaired) electrons. The minimum atomic E-state index is 0.949. The molecule has 0 spiro atoms. The summed E-state index contributed by atoms with van der Waals surface area (Å²) >= 11 is 0. The fourth-order valence-electron chi connectivity index (χ4n) is 0.904. The Labute approximate surface area is 70.3 Å². The van der Waals surface area contributed by atoms with Crippen LogP contribution in [-0.2, 0) is 0 Å². The van der Waals surface area contributed by atoms with Crippen molar-refractivity contribution in [1.29, 1.82) is 5.26 Å². The maximum Gasteiger partial charge on any atom is 0.0886 e. The molecule has 58 valence electrons. The zero-order chi connectivity index (χ0) is 8.81. The Morgan fingerprint density at radius 1 is 0.917 bits per heavy atom. The third-order valence-corrected chi connectivity index (χ3v) is 1.37. The first-order chi connectivity index (χ1) is 5.97. The Morgan fingerprint density at radius 2 is 1.33 bits per heavy atom. The molecule has 0 saturated carbocycles. The van der Waals surface area contributed by atoms with E-state index in [0.29, 0.717) is 0 Å². The first kappa shape index (κ1) is 8.15. The standard InChI is InChI=1S/C8H6N2.CHN/c1-3-7-8(9-5-1)4-2-6-10-7;1-2/h1-6H;1H. The molecule has 3 heteroatoms. The second-order valence-electron chi connectivity index (χ2n) is 2.05. The van der Waals surface area contributed by atoms with Crippen LogP contribution in [0.25, 0.3) is 11.0 Å². The van der Waals surface area contributed by atoms with Crippen LogP contribution < -0.4 is 0 Å². The van der Waals surface area contributed by atoms with Gasteiger partial charge in [0.1, 0.15) is 0 Å². The topological polar surface area (TPSA) is 49.6 Å². The molecule has 0 aliphatic heterocycles. The molecule has 0 fully saturated rings. The van der Waals surface area contributed by atoms with Gasteiger partial charge in [-0.25, -0.2) is 5.26 Å². The van der Waals surface area contributed by atoms with Crippen molar-refractivity contribution < 1.29 is 0 Å². The van der Waals surface area contributed by atoms with Gasteiger partial charge >= 0.3 is 0 Å². The fraction of sp³-hybridized carbons (Fsp3) is 0. The summed E-state index contributed by atoms with van der Waals surface area (Å²) in [5.74, 6) is 0. The van der Waals surface area contributed by atoms with Gasteiger partial charge in [0.15, 0.2) is 0 Å². The van der Waals surface area contributed by atoms with E-state index < -0.39 is 0 Å². The lowest BCUT2D eigenvalue weighted by atomic mass is 10.3. The molecule has 2 rings (SSSR count). The monoisotopic (exact) mass is 157 g/mol. The fourth-order valence-corrected chi connectivity index (χ4v) is 0.904. The summed E-state index contributed by atoms with van der Waals surface area (Å²) in [6, 6.07) is 7.66. The van der Waals surface area contributed by atoms with Crippen LogP contribution in [-0.4, -0.2) is 9.97 Å². The molecule has 0 bridgehead atoms. The number of hydrogen-bond acceptors (Lipinski definition) is 3. The molecule has 0 N–H and O–H groups in total. The molecular formula is C9H7N3. The smallest absolute Gasteiger partial charge is 0.0886 e. The van der Waals surface area contributed by atoms with Gasteiger partial charge in [-0.1, -0.05) is 0 Å². The zero-order valence-electron chi connectivity index (χ0n) is 6.38. The van der Waals surface area contributed by atoms with Crippen molar-refractivity contribution in [2.24, 2.45) is 0 Å². The van der Waals surface area contributed by atoms with Crippen molar-refractivity contribution in [3.8, 4) is 6.57 Å². The van der Waals surface area contributed by atoms with Gasteiger partial charge in [0.2, 0.25) is 0 Å². The molecule has 0 aliphatic rings. The molecule has 2 aromatic heterocycles. The molecule has 0 unspecified atom stereocenters. The summed E-state index contributed by atoms with van der Waals surface area (Å²) in [4.78, 5) is 8.24. The van der Waals surface area contributed by atoms with Gasteiger partial charge in [-0.15, -0.1) is 0 Å². The SMILES string of the molecule is C#N.c1cnc2cccnc2c1. The van der Waals surface area contributed by atoms with Gasteiger partial charge in [0.25, 0.3) is 0 Å². The molecule has 3 nitrogen and oxygen atoms in total. The average molecular weight is 157 g/mol. The highest BCUT2D eigenvalue weighted by Gasteiger charge is 1.88. The molecule has 12 heavy (non-hydrogen) atoms. The highest BCUT2D eigenvalue weighted by atomic mass is 14.7. The van der Waals surface area contributed by atoms with Crippen LogP contribution in [0.4, 0.5) is 0 Å². The van der Waals surface area contributed by atoms with E-state index in [9.17, 15) is 0 Å². The van der Waals surface area contributed by atoms with Crippen LogP contribution in [0.15, 0.2) is 36.7 Å². The number of hydrogen-bond donors (Lipinski definition) is 0. The first-order valence-corrected chi connectivity index (χ1v) is 3.38. The molecule has 2 heterocycles. The van der Waals surface area contributed by atoms with E-state index in [-0.39, 0.29) is 0 Å². The van der Waals surface area contributed by atoms with E-state index in [4.69, 9.17) is 5.26 Å². The van der Waals surface area contributed by atoms with E-state index >= 15 is 0 Å². The minimum absolute atomic E-state index is 0.949. The van der Waals surface area contributed by atoms with Crippen LogP contribution in [0.3, 0.4) is 0 Å². The lowest BCUT2D eigenvalue weighted by Crippen LogP contribution is -1.78. The third-order valence-electron chi connectivity index (χ3n) is 1.37. The van der Waals surface area contributed by atoms with E-state index in [1.165, 1.54) is 0 Å². The van der Waals surface area contributed by atoms with Gasteiger partial charge in [0.05, 0.1) is 11.0 Å². The van der Waals surface area contributed by atoms with Gasteiger partial charge in [-0.3, -0.25) is 9.97 Å². The number of pyridine rings is 2. The predicted octanol–water partition coefficient (Wildman–Crippen LogP) is 1.77. The highest BCUT2D eigenvalue weighted by Crippen LogP contribution is 2.04. The van der Waals surface area contributed by atoms with Crippen molar-refractivity contribution in [1.82, 2.24) is 9.97 Å². The van der Waals surface area contributed by atoms with Crippen LogP contribution in [0, 0.1) is 11.8 Å². The van der Waals surface area contributed by atoms with Gasteiger partial charge < -0.3 is 0 Å². The average Bonchev–Trinajstić information content (AvgIpc) is 2.21. The van der Waals surface area contributed by atoms with Gasteiger partial charge in [-0.05, 0) is 24.3 Å². The Kier molecular flexibility index (Phi) is 2.74. The number of nitriles is 1. The maximum absolute atomic E-state index is 6.50. The van der Waals surface area contributed by atoms with Crippen LogP contribution in [0.2, 0.25) is 0 Å². The van der Waals surface area contributed by atoms with Crippen LogP contribution in [0.5, 0.6) is 0 Å². The number of nitrogens with zero attached hydrogens (tertiary/aromatic N) is 3. The van der Waals surface area contributed by atoms with Crippen molar-refractivity contribution in [3.63, 3.8) is 0 Å². The summed E-state index contributed by atoms with van der Waals surface area (Å²) in [6.07, 6.45) is 3.54. The van der Waals surface area contributed by atoms with Crippen LogP contribution >= 0.6 is 0 Å². The Morgan fingerprint density at radius 3 is 1.75 bits per heavy atom. The van der Waals surface area contributed by atoms with Gasteiger partial charge in [0, 0.05) is 19.0 Å². The van der Waals surface area contributed by atoms with E-state index in [0.717, 1.165) is 11.0 Å². The summed E-state index contributed by atoms with van der Waals surface area (Å²) in [5.41, 5.74) is 1.90. The van der Waals surface area contributed by atoms with Gasteiger partial charge in [-0.2, -0.15) is 0 Å². The minimum Gasteiger partial charge on any atom is -0.255 e. The molecule has 0 saturated heterocycles. The quantitative estimate of drug-likeness (QED) is 0.585. The van der Waals surface area contributed by atoms with E-state index in [1.807, 2.05) is 24.3 Å². The summed E-state index contributed by atoms with van der Waals surface area (Å²) in [6.45, 7) is 3.50. The predicted molar refractivity (Wildman–Crippen MR) is 46.2 cm³/mol. The van der Waals surface area contributed by atoms with E-state index in [1.54, 1.807) is 12.4 Å². The Balaban J connectivity index is 0.000000336. The highest BCUT2D eigenvalue weighted by molar-refractivity contribution is 5.72.